The Morgan fingerprint density at radius 1 is 1.19 bits per heavy atom. The van der Waals surface area contributed by atoms with Crippen molar-refractivity contribution in [2.75, 3.05) is 18.0 Å². The highest BCUT2D eigenvalue weighted by atomic mass is 15.3. The number of nitrogens with zero attached hydrogens (tertiary/aromatic N) is 3. The van der Waals surface area contributed by atoms with Crippen molar-refractivity contribution in [1.82, 2.24) is 9.38 Å². The van der Waals surface area contributed by atoms with E-state index in [2.05, 4.69) is 33.7 Å². The van der Waals surface area contributed by atoms with Crippen LogP contribution in [0.3, 0.4) is 0 Å². The summed E-state index contributed by atoms with van der Waals surface area (Å²) < 4.78 is 2.22. The fourth-order valence-corrected chi connectivity index (χ4v) is 4.35. The van der Waals surface area contributed by atoms with Crippen LogP contribution in [-0.4, -0.2) is 28.5 Å². The van der Waals surface area contributed by atoms with Crippen molar-refractivity contribution in [3.8, 4) is 0 Å². The first-order valence-electron chi connectivity index (χ1n) is 8.31. The van der Waals surface area contributed by atoms with E-state index in [0.29, 0.717) is 12.6 Å². The van der Waals surface area contributed by atoms with Crippen LogP contribution in [0.2, 0.25) is 0 Å². The lowest BCUT2D eigenvalue weighted by Gasteiger charge is -2.38. The number of hydrogen-bond donors (Lipinski definition) is 1. The molecule has 4 heteroatoms. The molecule has 21 heavy (non-hydrogen) atoms. The number of piperidine rings is 1. The van der Waals surface area contributed by atoms with Gasteiger partial charge in [-0.05, 0) is 50.3 Å². The van der Waals surface area contributed by atoms with Gasteiger partial charge in [-0.1, -0.05) is 12.5 Å². The second kappa shape index (κ2) is 5.34. The Kier molecular flexibility index (Phi) is 3.34. The summed E-state index contributed by atoms with van der Waals surface area (Å²) in [6.07, 6.45) is 9.84. The standard InChI is InChI=1S/C17H24N4/c18-10-9-15-17(19-16-8-1-2-11-20(15)16)21-12-4-6-13-5-3-7-14(13)21/h1-2,8,11,13-14H,3-7,9-10,12,18H2. The van der Waals surface area contributed by atoms with Gasteiger partial charge < -0.3 is 15.0 Å². The van der Waals surface area contributed by atoms with Gasteiger partial charge in [0.2, 0.25) is 0 Å². The minimum Gasteiger partial charge on any atom is -0.352 e. The number of rotatable bonds is 3. The summed E-state index contributed by atoms with van der Waals surface area (Å²) in [5.41, 5.74) is 8.20. The first-order valence-corrected chi connectivity index (χ1v) is 8.31. The lowest BCUT2D eigenvalue weighted by molar-refractivity contribution is 0.360. The highest BCUT2D eigenvalue weighted by Gasteiger charge is 2.36. The summed E-state index contributed by atoms with van der Waals surface area (Å²) in [5.74, 6) is 2.08. The van der Waals surface area contributed by atoms with Gasteiger partial charge >= 0.3 is 0 Å². The molecule has 2 unspecified atom stereocenters. The molecular weight excluding hydrogens is 260 g/mol. The largest absolute Gasteiger partial charge is 0.352 e. The smallest absolute Gasteiger partial charge is 0.151 e. The number of anilines is 1. The van der Waals surface area contributed by atoms with Crippen molar-refractivity contribution < 1.29 is 0 Å². The fraction of sp³-hybridized carbons (Fsp3) is 0.588. The van der Waals surface area contributed by atoms with Gasteiger partial charge in [-0.25, -0.2) is 4.98 Å². The van der Waals surface area contributed by atoms with Crippen molar-refractivity contribution in [3.05, 3.63) is 30.1 Å². The fourth-order valence-electron chi connectivity index (χ4n) is 4.35. The molecule has 1 saturated carbocycles. The molecule has 4 nitrogen and oxygen atoms in total. The van der Waals surface area contributed by atoms with Gasteiger partial charge in [-0.2, -0.15) is 0 Å². The van der Waals surface area contributed by atoms with Crippen LogP contribution in [0.25, 0.3) is 5.65 Å². The highest BCUT2D eigenvalue weighted by Crippen LogP contribution is 2.39. The molecule has 0 aromatic carbocycles. The van der Waals surface area contributed by atoms with Crippen molar-refractivity contribution >= 4 is 11.5 Å². The molecule has 2 aromatic heterocycles. The summed E-state index contributed by atoms with van der Waals surface area (Å²) in [6.45, 7) is 1.83. The first-order chi connectivity index (χ1) is 10.4. The van der Waals surface area contributed by atoms with E-state index >= 15 is 0 Å². The Morgan fingerprint density at radius 3 is 3.00 bits per heavy atom. The predicted octanol–water partition coefficient (Wildman–Crippen LogP) is 2.60. The molecular formula is C17H24N4. The van der Waals surface area contributed by atoms with E-state index in [1.54, 1.807) is 0 Å². The van der Waals surface area contributed by atoms with Crippen LogP contribution >= 0.6 is 0 Å². The SMILES string of the molecule is NCCc1c(N2CCCC3CCCC32)nc2ccccn12. The van der Waals surface area contributed by atoms with E-state index in [1.807, 2.05) is 0 Å². The average molecular weight is 284 g/mol. The molecule has 1 aliphatic carbocycles. The van der Waals surface area contributed by atoms with Gasteiger partial charge in [0.05, 0.1) is 5.69 Å². The molecule has 0 amide bonds. The number of hydrogen-bond acceptors (Lipinski definition) is 3. The maximum atomic E-state index is 5.86. The number of fused-ring (bicyclic) bond motifs is 2. The average Bonchev–Trinajstić information content (AvgIpc) is 3.12. The van der Waals surface area contributed by atoms with Crippen LogP contribution in [0.1, 0.15) is 37.8 Å². The van der Waals surface area contributed by atoms with Gasteiger partial charge in [0.15, 0.2) is 5.82 Å². The molecule has 0 bridgehead atoms. The molecule has 0 radical (unpaired) electrons. The van der Waals surface area contributed by atoms with Crippen LogP contribution in [0.5, 0.6) is 0 Å². The normalized spacial score (nSPS) is 25.5. The van der Waals surface area contributed by atoms with Crippen molar-refractivity contribution in [2.45, 2.75) is 44.6 Å². The molecule has 1 aliphatic heterocycles. The minimum absolute atomic E-state index is 0.678. The number of imidazole rings is 1. The van der Waals surface area contributed by atoms with E-state index < -0.39 is 0 Å². The number of aromatic nitrogens is 2. The van der Waals surface area contributed by atoms with E-state index in [0.717, 1.165) is 24.5 Å². The van der Waals surface area contributed by atoms with Gasteiger partial charge in [-0.3, -0.25) is 0 Å². The lowest BCUT2D eigenvalue weighted by atomic mass is 9.92. The van der Waals surface area contributed by atoms with E-state index in [1.165, 1.54) is 43.6 Å². The molecule has 2 aliphatic rings. The summed E-state index contributed by atoms with van der Waals surface area (Å²) in [5, 5.41) is 0. The monoisotopic (exact) mass is 284 g/mol. The molecule has 112 valence electrons. The van der Waals surface area contributed by atoms with Crippen LogP contribution in [-0.2, 0) is 6.42 Å². The van der Waals surface area contributed by atoms with Gasteiger partial charge in [-0.15, -0.1) is 0 Å². The van der Waals surface area contributed by atoms with E-state index in [-0.39, 0.29) is 0 Å². The third kappa shape index (κ3) is 2.13. The third-order valence-electron chi connectivity index (χ3n) is 5.25. The highest BCUT2D eigenvalue weighted by molar-refractivity contribution is 5.57. The second-order valence-electron chi connectivity index (χ2n) is 6.44. The van der Waals surface area contributed by atoms with Crippen LogP contribution < -0.4 is 10.6 Å². The Balaban J connectivity index is 1.79. The summed E-state index contributed by atoms with van der Waals surface area (Å²) in [7, 11) is 0. The maximum Gasteiger partial charge on any atom is 0.151 e. The predicted molar refractivity (Wildman–Crippen MR) is 85.7 cm³/mol. The van der Waals surface area contributed by atoms with Gasteiger partial charge in [0.25, 0.3) is 0 Å². The van der Waals surface area contributed by atoms with E-state index in [9.17, 15) is 0 Å². The molecule has 1 saturated heterocycles. The Hall–Kier alpha value is -1.55. The zero-order valence-corrected chi connectivity index (χ0v) is 12.5. The molecule has 4 rings (SSSR count). The quantitative estimate of drug-likeness (QED) is 0.942. The Labute approximate surface area is 126 Å². The Morgan fingerprint density at radius 2 is 2.10 bits per heavy atom. The third-order valence-corrected chi connectivity index (χ3v) is 5.25. The molecule has 2 N–H and O–H groups in total. The van der Waals surface area contributed by atoms with Crippen LogP contribution in [0.4, 0.5) is 5.82 Å². The van der Waals surface area contributed by atoms with Crippen molar-refractivity contribution in [1.29, 1.82) is 0 Å². The zero-order valence-electron chi connectivity index (χ0n) is 12.5. The number of nitrogens with two attached hydrogens (primary N) is 1. The second-order valence-corrected chi connectivity index (χ2v) is 6.44. The van der Waals surface area contributed by atoms with Crippen LogP contribution in [0.15, 0.2) is 24.4 Å². The zero-order chi connectivity index (χ0) is 14.2. The summed E-state index contributed by atoms with van der Waals surface area (Å²) >= 11 is 0. The molecule has 2 aromatic rings. The topological polar surface area (TPSA) is 46.6 Å². The lowest BCUT2D eigenvalue weighted by Crippen LogP contribution is -2.43. The van der Waals surface area contributed by atoms with Crippen molar-refractivity contribution in [3.63, 3.8) is 0 Å². The Bertz CT molecular complexity index is 633. The molecule has 2 atom stereocenters. The summed E-state index contributed by atoms with van der Waals surface area (Å²) in [4.78, 5) is 7.55. The van der Waals surface area contributed by atoms with E-state index in [4.69, 9.17) is 10.7 Å². The van der Waals surface area contributed by atoms with Gasteiger partial charge in [0.1, 0.15) is 5.65 Å². The summed E-state index contributed by atoms with van der Waals surface area (Å²) in [6, 6.07) is 6.94. The van der Waals surface area contributed by atoms with Crippen molar-refractivity contribution in [2.24, 2.45) is 11.7 Å². The molecule has 0 spiro atoms. The van der Waals surface area contributed by atoms with Crippen LogP contribution in [0, 0.1) is 5.92 Å². The molecule has 3 heterocycles. The minimum atomic E-state index is 0.678. The number of pyridine rings is 1. The van der Waals surface area contributed by atoms with Gasteiger partial charge in [0, 0.05) is 25.2 Å². The maximum absolute atomic E-state index is 5.86. The first kappa shape index (κ1) is 13.1. The molecule has 2 fully saturated rings.